The van der Waals surface area contributed by atoms with E-state index in [1.165, 1.54) is 25.7 Å². The van der Waals surface area contributed by atoms with Gasteiger partial charge in [0.2, 0.25) is 0 Å². The molecular weight excluding hydrogens is 292 g/mol. The standard InChI is InChI=1S/C18H34N2O3/c1-18(2,3)23-17(21)20-12-10-14(13-20)9-11-19-15-5-7-16(22-4)8-6-15/h14-16,19H,5-13H2,1-4H3. The summed E-state index contributed by atoms with van der Waals surface area (Å²) >= 11 is 0. The maximum absolute atomic E-state index is 12.1. The minimum Gasteiger partial charge on any atom is -0.444 e. The fourth-order valence-corrected chi connectivity index (χ4v) is 3.55. The fourth-order valence-electron chi connectivity index (χ4n) is 3.55. The molecule has 2 fully saturated rings. The van der Waals surface area contributed by atoms with Crippen LogP contribution in [0.4, 0.5) is 4.79 Å². The monoisotopic (exact) mass is 326 g/mol. The molecule has 5 heteroatoms. The first-order valence-electron chi connectivity index (χ1n) is 9.11. The molecule has 1 saturated heterocycles. The van der Waals surface area contributed by atoms with Gasteiger partial charge in [-0.1, -0.05) is 0 Å². The van der Waals surface area contributed by atoms with Crippen molar-refractivity contribution in [3.8, 4) is 0 Å². The number of nitrogens with zero attached hydrogens (tertiary/aromatic N) is 1. The van der Waals surface area contributed by atoms with Crippen LogP contribution >= 0.6 is 0 Å². The van der Waals surface area contributed by atoms with Gasteiger partial charge in [-0.3, -0.25) is 0 Å². The molecule has 2 rings (SSSR count). The summed E-state index contributed by atoms with van der Waals surface area (Å²) in [7, 11) is 1.81. The van der Waals surface area contributed by atoms with E-state index < -0.39 is 5.60 Å². The van der Waals surface area contributed by atoms with Crippen molar-refractivity contribution in [1.29, 1.82) is 0 Å². The van der Waals surface area contributed by atoms with Gasteiger partial charge in [-0.25, -0.2) is 4.79 Å². The highest BCUT2D eigenvalue weighted by Crippen LogP contribution is 2.23. The number of carbonyl (C=O) groups is 1. The maximum Gasteiger partial charge on any atom is 0.410 e. The molecule has 1 aliphatic heterocycles. The molecule has 1 amide bonds. The number of hydrogen-bond acceptors (Lipinski definition) is 4. The number of ether oxygens (including phenoxy) is 2. The summed E-state index contributed by atoms with van der Waals surface area (Å²) in [6.45, 7) is 8.47. The molecule has 0 aromatic heterocycles. The Balaban J connectivity index is 1.60. The van der Waals surface area contributed by atoms with Crippen LogP contribution in [0.2, 0.25) is 0 Å². The van der Waals surface area contributed by atoms with E-state index in [9.17, 15) is 4.79 Å². The van der Waals surface area contributed by atoms with Crippen LogP contribution < -0.4 is 5.32 Å². The smallest absolute Gasteiger partial charge is 0.410 e. The zero-order chi connectivity index (χ0) is 16.9. The zero-order valence-corrected chi connectivity index (χ0v) is 15.3. The van der Waals surface area contributed by atoms with Crippen molar-refractivity contribution in [1.82, 2.24) is 10.2 Å². The number of likely N-dealkylation sites (tertiary alicyclic amines) is 1. The Kier molecular flexibility index (Phi) is 6.72. The third kappa shape index (κ3) is 6.30. The lowest BCUT2D eigenvalue weighted by Gasteiger charge is -2.28. The van der Waals surface area contributed by atoms with Gasteiger partial charge in [0.15, 0.2) is 0 Å². The molecule has 1 saturated carbocycles. The van der Waals surface area contributed by atoms with Crippen molar-refractivity contribution in [2.24, 2.45) is 5.92 Å². The Morgan fingerprint density at radius 2 is 1.87 bits per heavy atom. The normalized spacial score (nSPS) is 28.9. The average Bonchev–Trinajstić information content (AvgIpc) is 2.95. The van der Waals surface area contributed by atoms with Gasteiger partial charge in [0.05, 0.1) is 6.10 Å². The van der Waals surface area contributed by atoms with Crippen molar-refractivity contribution in [2.75, 3.05) is 26.7 Å². The summed E-state index contributed by atoms with van der Waals surface area (Å²) in [5, 5.41) is 3.69. The SMILES string of the molecule is COC1CCC(NCCC2CCN(C(=O)OC(C)(C)C)C2)CC1. The van der Waals surface area contributed by atoms with E-state index in [0.717, 1.165) is 32.5 Å². The van der Waals surface area contributed by atoms with Gasteiger partial charge in [-0.05, 0) is 71.8 Å². The number of amides is 1. The first-order valence-corrected chi connectivity index (χ1v) is 9.11. The van der Waals surface area contributed by atoms with Crippen LogP contribution in [0.5, 0.6) is 0 Å². The van der Waals surface area contributed by atoms with E-state index in [-0.39, 0.29) is 6.09 Å². The van der Waals surface area contributed by atoms with Crippen LogP contribution in [0.15, 0.2) is 0 Å². The first kappa shape index (κ1) is 18.5. The summed E-state index contributed by atoms with van der Waals surface area (Å²) in [4.78, 5) is 13.9. The molecule has 1 aliphatic carbocycles. The van der Waals surface area contributed by atoms with Gasteiger partial charge in [0, 0.05) is 26.2 Å². The Morgan fingerprint density at radius 1 is 1.17 bits per heavy atom. The van der Waals surface area contributed by atoms with Gasteiger partial charge in [-0.15, -0.1) is 0 Å². The molecule has 0 bridgehead atoms. The fraction of sp³-hybridized carbons (Fsp3) is 0.944. The van der Waals surface area contributed by atoms with Crippen molar-refractivity contribution >= 4 is 6.09 Å². The topological polar surface area (TPSA) is 50.8 Å². The van der Waals surface area contributed by atoms with Gasteiger partial charge in [-0.2, -0.15) is 0 Å². The van der Waals surface area contributed by atoms with Crippen LogP contribution in [-0.2, 0) is 9.47 Å². The molecule has 1 atom stereocenters. The second-order valence-electron chi connectivity index (χ2n) is 8.03. The second kappa shape index (κ2) is 8.34. The van der Waals surface area contributed by atoms with E-state index in [1.54, 1.807) is 0 Å². The average molecular weight is 326 g/mol. The van der Waals surface area contributed by atoms with E-state index in [1.807, 2.05) is 32.8 Å². The predicted octanol–water partition coefficient (Wildman–Crippen LogP) is 3.18. The van der Waals surface area contributed by atoms with E-state index in [2.05, 4.69) is 5.32 Å². The van der Waals surface area contributed by atoms with E-state index in [0.29, 0.717) is 18.1 Å². The van der Waals surface area contributed by atoms with Crippen molar-refractivity contribution in [3.05, 3.63) is 0 Å². The summed E-state index contributed by atoms with van der Waals surface area (Å²) in [5.41, 5.74) is -0.405. The van der Waals surface area contributed by atoms with Crippen LogP contribution in [0, 0.1) is 5.92 Å². The molecule has 134 valence electrons. The molecule has 0 spiro atoms. The third-order valence-electron chi connectivity index (χ3n) is 4.93. The Hall–Kier alpha value is -0.810. The molecule has 0 aromatic carbocycles. The van der Waals surface area contributed by atoms with Gasteiger partial charge in [0.25, 0.3) is 0 Å². The predicted molar refractivity (Wildman–Crippen MR) is 91.6 cm³/mol. The molecule has 23 heavy (non-hydrogen) atoms. The lowest BCUT2D eigenvalue weighted by Crippen LogP contribution is -2.37. The highest BCUT2D eigenvalue weighted by Gasteiger charge is 2.29. The van der Waals surface area contributed by atoms with Gasteiger partial charge >= 0.3 is 6.09 Å². The maximum atomic E-state index is 12.1. The van der Waals surface area contributed by atoms with Gasteiger partial charge < -0.3 is 19.7 Å². The highest BCUT2D eigenvalue weighted by molar-refractivity contribution is 5.68. The molecule has 0 aromatic rings. The van der Waals surface area contributed by atoms with Crippen LogP contribution in [0.3, 0.4) is 0 Å². The summed E-state index contributed by atoms with van der Waals surface area (Å²) in [6.07, 6.45) is 7.31. The van der Waals surface area contributed by atoms with Crippen molar-refractivity contribution in [2.45, 2.75) is 77.0 Å². The first-order chi connectivity index (χ1) is 10.9. The van der Waals surface area contributed by atoms with E-state index in [4.69, 9.17) is 9.47 Å². The number of rotatable bonds is 5. The quantitative estimate of drug-likeness (QED) is 0.843. The van der Waals surface area contributed by atoms with Crippen LogP contribution in [0.25, 0.3) is 0 Å². The molecule has 2 aliphatic rings. The Bertz CT molecular complexity index is 373. The van der Waals surface area contributed by atoms with Crippen LogP contribution in [-0.4, -0.2) is 55.5 Å². The molecule has 0 radical (unpaired) electrons. The minimum absolute atomic E-state index is 0.161. The minimum atomic E-state index is -0.405. The summed E-state index contributed by atoms with van der Waals surface area (Å²) < 4.78 is 10.9. The number of nitrogens with one attached hydrogen (secondary N) is 1. The van der Waals surface area contributed by atoms with Crippen molar-refractivity contribution < 1.29 is 14.3 Å². The number of methoxy groups -OCH3 is 1. The lowest BCUT2D eigenvalue weighted by atomic mass is 9.92. The number of carbonyl (C=O) groups excluding carboxylic acids is 1. The lowest BCUT2D eigenvalue weighted by molar-refractivity contribution is 0.0287. The molecular formula is C18H34N2O3. The zero-order valence-electron chi connectivity index (χ0n) is 15.3. The third-order valence-corrected chi connectivity index (χ3v) is 4.93. The highest BCUT2D eigenvalue weighted by atomic mass is 16.6. The molecule has 5 nitrogen and oxygen atoms in total. The Labute approximate surface area is 141 Å². The second-order valence-corrected chi connectivity index (χ2v) is 8.03. The largest absolute Gasteiger partial charge is 0.444 e. The summed E-state index contributed by atoms with van der Waals surface area (Å²) in [5.74, 6) is 0.602. The summed E-state index contributed by atoms with van der Waals surface area (Å²) in [6, 6.07) is 0.643. The molecule has 1 N–H and O–H groups in total. The van der Waals surface area contributed by atoms with Crippen molar-refractivity contribution in [3.63, 3.8) is 0 Å². The Morgan fingerprint density at radius 3 is 2.48 bits per heavy atom. The van der Waals surface area contributed by atoms with E-state index >= 15 is 0 Å². The molecule has 1 heterocycles. The van der Waals surface area contributed by atoms with Crippen LogP contribution in [0.1, 0.15) is 59.3 Å². The molecule has 1 unspecified atom stereocenters. The van der Waals surface area contributed by atoms with Gasteiger partial charge in [0.1, 0.15) is 5.60 Å². The number of hydrogen-bond donors (Lipinski definition) is 1.